The highest BCUT2D eigenvalue weighted by molar-refractivity contribution is 7.98. The molecule has 0 saturated carbocycles. The van der Waals surface area contributed by atoms with Crippen molar-refractivity contribution in [1.82, 2.24) is 0 Å². The maximum atomic E-state index is 5.57. The number of ether oxygens (including phenoxy) is 1. The van der Waals surface area contributed by atoms with Crippen molar-refractivity contribution < 1.29 is 4.74 Å². The molecule has 0 spiro atoms. The molecular weight excluding hydrogens is 194 g/mol. The van der Waals surface area contributed by atoms with Crippen LogP contribution in [0.2, 0.25) is 0 Å². The molecule has 0 amide bonds. The molecule has 0 saturated heterocycles. The summed E-state index contributed by atoms with van der Waals surface area (Å²) in [4.78, 5) is 0. The Hall–Kier alpha value is -0.830. The first-order valence-corrected chi connectivity index (χ1v) is 6.15. The molecule has 14 heavy (non-hydrogen) atoms. The standard InChI is InChI=1S/C11H17NOS/c1-12-10-4-6-11(7-5-10)13-8-3-9-14-2/h4-7,12H,3,8-9H2,1-2H3. The molecule has 2 nitrogen and oxygen atoms in total. The zero-order valence-electron chi connectivity index (χ0n) is 8.75. The van der Waals surface area contributed by atoms with Crippen molar-refractivity contribution in [2.75, 3.05) is 31.0 Å². The summed E-state index contributed by atoms with van der Waals surface area (Å²) in [5.74, 6) is 2.11. The molecule has 1 N–H and O–H groups in total. The van der Waals surface area contributed by atoms with E-state index in [4.69, 9.17) is 4.74 Å². The van der Waals surface area contributed by atoms with E-state index in [-0.39, 0.29) is 0 Å². The Morgan fingerprint density at radius 3 is 2.57 bits per heavy atom. The minimum absolute atomic E-state index is 0.805. The molecule has 0 aliphatic heterocycles. The molecule has 0 aromatic heterocycles. The Labute approximate surface area is 90.0 Å². The van der Waals surface area contributed by atoms with E-state index in [9.17, 15) is 0 Å². The summed E-state index contributed by atoms with van der Waals surface area (Å²) in [6.07, 6.45) is 3.22. The summed E-state index contributed by atoms with van der Waals surface area (Å²) in [5.41, 5.74) is 1.11. The molecule has 0 heterocycles. The molecule has 0 radical (unpaired) electrons. The van der Waals surface area contributed by atoms with Crippen molar-refractivity contribution in [1.29, 1.82) is 0 Å². The average Bonchev–Trinajstić information content (AvgIpc) is 2.25. The molecule has 78 valence electrons. The maximum Gasteiger partial charge on any atom is 0.119 e. The van der Waals surface area contributed by atoms with Gasteiger partial charge in [0.1, 0.15) is 5.75 Å². The van der Waals surface area contributed by atoms with Crippen molar-refractivity contribution in [2.24, 2.45) is 0 Å². The predicted octanol–water partition coefficient (Wildman–Crippen LogP) is 2.86. The second-order valence-electron chi connectivity index (χ2n) is 2.97. The first-order chi connectivity index (χ1) is 6.86. The number of hydrogen-bond acceptors (Lipinski definition) is 3. The molecule has 3 heteroatoms. The van der Waals surface area contributed by atoms with Crippen molar-refractivity contribution >= 4 is 17.4 Å². The normalized spacial score (nSPS) is 9.86. The smallest absolute Gasteiger partial charge is 0.119 e. The lowest BCUT2D eigenvalue weighted by Crippen LogP contribution is -1.98. The molecular formula is C11H17NOS. The van der Waals surface area contributed by atoms with Gasteiger partial charge < -0.3 is 10.1 Å². The Morgan fingerprint density at radius 2 is 2.00 bits per heavy atom. The van der Waals surface area contributed by atoms with Gasteiger partial charge in [0.05, 0.1) is 6.61 Å². The quantitative estimate of drug-likeness (QED) is 0.731. The lowest BCUT2D eigenvalue weighted by Gasteiger charge is -2.06. The molecule has 0 unspecified atom stereocenters. The molecule has 0 aliphatic carbocycles. The molecule has 0 bridgehead atoms. The minimum atomic E-state index is 0.805. The van der Waals surface area contributed by atoms with Crippen molar-refractivity contribution in [3.63, 3.8) is 0 Å². The summed E-state index contributed by atoms with van der Waals surface area (Å²) in [5, 5.41) is 3.07. The highest BCUT2D eigenvalue weighted by Gasteiger charge is 1.93. The van der Waals surface area contributed by atoms with E-state index in [1.165, 1.54) is 0 Å². The van der Waals surface area contributed by atoms with Gasteiger partial charge in [-0.25, -0.2) is 0 Å². The Kier molecular flexibility index (Phi) is 5.30. The predicted molar refractivity (Wildman–Crippen MR) is 64.5 cm³/mol. The third-order valence-electron chi connectivity index (χ3n) is 1.90. The van der Waals surface area contributed by atoms with Crippen LogP contribution in [0.25, 0.3) is 0 Å². The summed E-state index contributed by atoms with van der Waals surface area (Å²) < 4.78 is 5.57. The lowest BCUT2D eigenvalue weighted by molar-refractivity contribution is 0.319. The Bertz CT molecular complexity index is 248. The van der Waals surface area contributed by atoms with Crippen molar-refractivity contribution in [3.05, 3.63) is 24.3 Å². The monoisotopic (exact) mass is 211 g/mol. The van der Waals surface area contributed by atoms with Crippen LogP contribution < -0.4 is 10.1 Å². The number of thioether (sulfide) groups is 1. The Morgan fingerprint density at radius 1 is 1.29 bits per heavy atom. The van der Waals surface area contributed by atoms with Crippen LogP contribution in [0, 0.1) is 0 Å². The fourth-order valence-corrected chi connectivity index (χ4v) is 1.52. The third kappa shape index (κ3) is 3.92. The molecule has 1 aromatic rings. The maximum absolute atomic E-state index is 5.57. The number of rotatable bonds is 6. The zero-order valence-corrected chi connectivity index (χ0v) is 9.56. The molecule has 0 atom stereocenters. The van der Waals surface area contributed by atoms with E-state index in [2.05, 4.69) is 11.6 Å². The van der Waals surface area contributed by atoms with E-state index in [0.29, 0.717) is 0 Å². The first-order valence-electron chi connectivity index (χ1n) is 4.76. The fourth-order valence-electron chi connectivity index (χ4n) is 1.11. The van der Waals surface area contributed by atoms with E-state index in [1.807, 2.05) is 43.1 Å². The van der Waals surface area contributed by atoms with Gasteiger partial charge in [-0.2, -0.15) is 11.8 Å². The van der Waals surface area contributed by atoms with Gasteiger partial charge in [-0.3, -0.25) is 0 Å². The van der Waals surface area contributed by atoms with Crippen LogP contribution in [0.3, 0.4) is 0 Å². The van der Waals surface area contributed by atoms with Gasteiger partial charge >= 0.3 is 0 Å². The lowest BCUT2D eigenvalue weighted by atomic mass is 10.3. The van der Waals surface area contributed by atoms with E-state index < -0.39 is 0 Å². The fraction of sp³-hybridized carbons (Fsp3) is 0.455. The van der Waals surface area contributed by atoms with Gasteiger partial charge in [-0.05, 0) is 42.7 Å². The van der Waals surface area contributed by atoms with Crippen molar-refractivity contribution in [2.45, 2.75) is 6.42 Å². The minimum Gasteiger partial charge on any atom is -0.494 e. The summed E-state index contributed by atoms with van der Waals surface area (Å²) >= 11 is 1.85. The molecule has 0 aliphatic rings. The average molecular weight is 211 g/mol. The van der Waals surface area contributed by atoms with Crippen LogP contribution in [0.1, 0.15) is 6.42 Å². The van der Waals surface area contributed by atoms with Crippen LogP contribution in [-0.2, 0) is 0 Å². The summed E-state index contributed by atoms with van der Waals surface area (Å²) in [7, 11) is 1.91. The number of hydrogen-bond donors (Lipinski definition) is 1. The van der Waals surface area contributed by atoms with Gasteiger partial charge in [0.15, 0.2) is 0 Å². The summed E-state index contributed by atoms with van der Waals surface area (Å²) in [6, 6.07) is 8.02. The van der Waals surface area contributed by atoms with Crippen LogP contribution in [0.15, 0.2) is 24.3 Å². The van der Waals surface area contributed by atoms with Gasteiger partial charge in [0.25, 0.3) is 0 Å². The van der Waals surface area contributed by atoms with Crippen LogP contribution >= 0.6 is 11.8 Å². The Balaban J connectivity index is 2.29. The summed E-state index contributed by atoms with van der Waals surface area (Å²) in [6.45, 7) is 0.805. The largest absolute Gasteiger partial charge is 0.494 e. The van der Waals surface area contributed by atoms with E-state index in [1.54, 1.807) is 0 Å². The van der Waals surface area contributed by atoms with Crippen LogP contribution in [-0.4, -0.2) is 25.7 Å². The van der Waals surface area contributed by atoms with Gasteiger partial charge in [0.2, 0.25) is 0 Å². The third-order valence-corrected chi connectivity index (χ3v) is 2.60. The first kappa shape index (κ1) is 11.2. The van der Waals surface area contributed by atoms with Crippen molar-refractivity contribution in [3.8, 4) is 5.75 Å². The highest BCUT2D eigenvalue weighted by Crippen LogP contribution is 2.15. The SMILES string of the molecule is CNc1ccc(OCCCSC)cc1. The number of benzene rings is 1. The molecule has 1 aromatic carbocycles. The number of nitrogens with one attached hydrogen (secondary N) is 1. The second-order valence-corrected chi connectivity index (χ2v) is 3.95. The van der Waals surface area contributed by atoms with Gasteiger partial charge in [-0.1, -0.05) is 0 Å². The second kappa shape index (κ2) is 6.60. The topological polar surface area (TPSA) is 21.3 Å². The van der Waals surface area contributed by atoms with Crippen LogP contribution in [0.4, 0.5) is 5.69 Å². The molecule has 0 fully saturated rings. The van der Waals surface area contributed by atoms with E-state index in [0.717, 1.165) is 30.2 Å². The van der Waals surface area contributed by atoms with Gasteiger partial charge in [0, 0.05) is 12.7 Å². The van der Waals surface area contributed by atoms with E-state index >= 15 is 0 Å². The highest BCUT2D eigenvalue weighted by atomic mass is 32.2. The van der Waals surface area contributed by atoms with Crippen LogP contribution in [0.5, 0.6) is 5.75 Å². The molecule has 1 rings (SSSR count). The van der Waals surface area contributed by atoms with Gasteiger partial charge in [-0.15, -0.1) is 0 Å². The number of anilines is 1. The zero-order chi connectivity index (χ0) is 10.2.